The lowest BCUT2D eigenvalue weighted by Crippen LogP contribution is -2.13. The molecule has 3 aromatic carbocycles. The molecule has 0 aliphatic rings. The van der Waals surface area contributed by atoms with Crippen LogP contribution in [-0.2, 0) is 11.3 Å². The van der Waals surface area contributed by atoms with Crippen LogP contribution < -0.4 is 5.32 Å². The van der Waals surface area contributed by atoms with Crippen LogP contribution in [-0.4, -0.2) is 10.5 Å². The van der Waals surface area contributed by atoms with Crippen molar-refractivity contribution in [2.75, 3.05) is 5.32 Å². The fraction of sp³-hybridized carbons (Fsp3) is 0.0769. The third-order valence-corrected chi connectivity index (χ3v) is 5.06. The number of nitriles is 1. The number of carbonyl (C=O) groups is 1. The molecule has 1 amide bonds. The van der Waals surface area contributed by atoms with Crippen LogP contribution in [0.25, 0.3) is 17.0 Å². The third-order valence-electron chi connectivity index (χ3n) is 5.06. The van der Waals surface area contributed by atoms with Gasteiger partial charge >= 0.3 is 0 Å². The molecule has 5 heteroatoms. The molecule has 0 aliphatic heterocycles. The van der Waals surface area contributed by atoms with E-state index in [4.69, 9.17) is 0 Å². The largest absolute Gasteiger partial charge is 0.342 e. The first-order valence-corrected chi connectivity index (χ1v) is 9.86. The third kappa shape index (κ3) is 4.39. The molecule has 152 valence electrons. The Balaban J connectivity index is 1.70. The van der Waals surface area contributed by atoms with E-state index in [0.717, 1.165) is 22.0 Å². The van der Waals surface area contributed by atoms with Crippen molar-refractivity contribution in [2.45, 2.75) is 13.5 Å². The molecule has 0 radical (unpaired) electrons. The van der Waals surface area contributed by atoms with E-state index >= 15 is 0 Å². The van der Waals surface area contributed by atoms with Crippen LogP contribution in [0, 0.1) is 24.1 Å². The summed E-state index contributed by atoms with van der Waals surface area (Å²) >= 11 is 0. The van der Waals surface area contributed by atoms with Gasteiger partial charge in [0.25, 0.3) is 5.91 Å². The van der Waals surface area contributed by atoms with Crippen LogP contribution in [0.1, 0.15) is 16.7 Å². The van der Waals surface area contributed by atoms with Crippen molar-refractivity contribution in [3.63, 3.8) is 0 Å². The molecule has 0 saturated heterocycles. The summed E-state index contributed by atoms with van der Waals surface area (Å²) in [6.07, 6.45) is 3.42. The molecule has 0 saturated carbocycles. The Morgan fingerprint density at radius 1 is 1.10 bits per heavy atom. The van der Waals surface area contributed by atoms with Gasteiger partial charge in [-0.05, 0) is 42.8 Å². The number of hydrogen-bond donors (Lipinski definition) is 1. The first-order chi connectivity index (χ1) is 15.0. The van der Waals surface area contributed by atoms with Crippen molar-refractivity contribution in [1.82, 2.24) is 4.57 Å². The maximum Gasteiger partial charge on any atom is 0.266 e. The minimum absolute atomic E-state index is 0.00435. The molecule has 4 aromatic rings. The van der Waals surface area contributed by atoms with E-state index in [1.165, 1.54) is 6.07 Å². The van der Waals surface area contributed by atoms with Crippen molar-refractivity contribution in [3.8, 4) is 6.07 Å². The summed E-state index contributed by atoms with van der Waals surface area (Å²) < 4.78 is 16.1. The van der Waals surface area contributed by atoms with Gasteiger partial charge in [0.1, 0.15) is 17.5 Å². The predicted octanol–water partition coefficient (Wildman–Crippen LogP) is 5.68. The summed E-state index contributed by atoms with van der Waals surface area (Å²) in [6.45, 7) is 2.28. The highest BCUT2D eigenvalue weighted by atomic mass is 19.1. The van der Waals surface area contributed by atoms with Crippen LogP contribution in [0.15, 0.2) is 84.6 Å². The van der Waals surface area contributed by atoms with E-state index in [1.807, 2.05) is 66.2 Å². The van der Waals surface area contributed by atoms with E-state index in [0.29, 0.717) is 17.8 Å². The summed E-state index contributed by atoms with van der Waals surface area (Å²) in [4.78, 5) is 12.7. The SMILES string of the molecule is Cc1cccc(NC(=O)/C(C#N)=C/c2cn(Cc3ccccc3F)c3ccccc23)c1. The second-order valence-corrected chi connectivity index (χ2v) is 7.31. The lowest BCUT2D eigenvalue weighted by Gasteiger charge is -2.06. The number of carbonyl (C=O) groups excluding carboxylic acids is 1. The molecule has 1 N–H and O–H groups in total. The number of hydrogen-bond acceptors (Lipinski definition) is 2. The first kappa shape index (κ1) is 20.1. The highest BCUT2D eigenvalue weighted by Gasteiger charge is 2.13. The number of fused-ring (bicyclic) bond motifs is 1. The number of para-hydroxylation sites is 1. The second kappa shape index (κ2) is 8.68. The monoisotopic (exact) mass is 409 g/mol. The van der Waals surface area contributed by atoms with Gasteiger partial charge in [-0.25, -0.2) is 4.39 Å². The van der Waals surface area contributed by atoms with Gasteiger partial charge in [-0.15, -0.1) is 0 Å². The van der Waals surface area contributed by atoms with E-state index in [9.17, 15) is 14.4 Å². The predicted molar refractivity (Wildman–Crippen MR) is 121 cm³/mol. The van der Waals surface area contributed by atoms with Crippen LogP contribution in [0.2, 0.25) is 0 Å². The molecule has 0 unspecified atom stereocenters. The fourth-order valence-corrected chi connectivity index (χ4v) is 3.56. The standard InChI is InChI=1S/C26H20FN3O/c1-18-7-6-9-22(13-18)29-26(31)20(15-28)14-21-17-30(25-12-5-3-10-23(21)25)16-19-8-2-4-11-24(19)27/h2-14,17H,16H2,1H3,(H,29,31)/b20-14+. The summed E-state index contributed by atoms with van der Waals surface area (Å²) in [5, 5.41) is 13.3. The van der Waals surface area contributed by atoms with Gasteiger partial charge in [-0.1, -0.05) is 48.5 Å². The van der Waals surface area contributed by atoms with Crippen LogP contribution in [0.3, 0.4) is 0 Å². The minimum Gasteiger partial charge on any atom is -0.342 e. The molecule has 0 spiro atoms. The molecule has 1 heterocycles. The minimum atomic E-state index is -0.473. The van der Waals surface area contributed by atoms with Crippen molar-refractivity contribution in [3.05, 3.63) is 107 Å². The number of nitrogens with one attached hydrogen (secondary N) is 1. The Kier molecular flexibility index (Phi) is 5.63. The molecular weight excluding hydrogens is 389 g/mol. The zero-order valence-corrected chi connectivity index (χ0v) is 17.0. The van der Waals surface area contributed by atoms with Crippen molar-refractivity contribution in [2.24, 2.45) is 0 Å². The van der Waals surface area contributed by atoms with Crippen molar-refractivity contribution < 1.29 is 9.18 Å². The summed E-state index contributed by atoms with van der Waals surface area (Å²) in [7, 11) is 0. The molecule has 0 aliphatic carbocycles. The zero-order chi connectivity index (χ0) is 21.8. The Hall–Kier alpha value is -4.17. The first-order valence-electron chi connectivity index (χ1n) is 9.86. The maximum atomic E-state index is 14.2. The number of halogens is 1. The number of benzene rings is 3. The van der Waals surface area contributed by atoms with E-state index < -0.39 is 5.91 Å². The van der Waals surface area contributed by atoms with Gasteiger partial charge in [-0.3, -0.25) is 4.79 Å². The van der Waals surface area contributed by atoms with E-state index in [-0.39, 0.29) is 11.4 Å². The number of anilines is 1. The lowest BCUT2D eigenvalue weighted by molar-refractivity contribution is -0.112. The van der Waals surface area contributed by atoms with Gasteiger partial charge < -0.3 is 9.88 Å². The highest BCUT2D eigenvalue weighted by Crippen LogP contribution is 2.25. The molecule has 0 fully saturated rings. The van der Waals surface area contributed by atoms with Gasteiger partial charge in [0, 0.05) is 33.9 Å². The summed E-state index contributed by atoms with van der Waals surface area (Å²) in [5.74, 6) is -0.744. The molecule has 4 rings (SSSR count). The molecular formula is C26H20FN3O. The van der Waals surface area contributed by atoms with Crippen molar-refractivity contribution >= 4 is 28.6 Å². The summed E-state index contributed by atoms with van der Waals surface area (Å²) in [6, 6.07) is 23.7. The van der Waals surface area contributed by atoms with Gasteiger partial charge in [0.05, 0.1) is 6.54 Å². The number of aromatic nitrogens is 1. The number of rotatable bonds is 5. The normalized spacial score (nSPS) is 11.3. The van der Waals surface area contributed by atoms with Crippen LogP contribution >= 0.6 is 0 Å². The molecule has 31 heavy (non-hydrogen) atoms. The smallest absolute Gasteiger partial charge is 0.266 e. The topological polar surface area (TPSA) is 57.8 Å². The van der Waals surface area contributed by atoms with E-state index in [2.05, 4.69) is 5.32 Å². The Morgan fingerprint density at radius 3 is 2.65 bits per heavy atom. The second-order valence-electron chi connectivity index (χ2n) is 7.31. The molecule has 4 nitrogen and oxygen atoms in total. The molecule has 0 bridgehead atoms. The van der Waals surface area contributed by atoms with Gasteiger partial charge in [-0.2, -0.15) is 5.26 Å². The zero-order valence-electron chi connectivity index (χ0n) is 17.0. The van der Waals surface area contributed by atoms with Crippen LogP contribution in [0.4, 0.5) is 10.1 Å². The Bertz CT molecular complexity index is 1340. The lowest BCUT2D eigenvalue weighted by atomic mass is 10.1. The average Bonchev–Trinajstić information content (AvgIpc) is 3.11. The highest BCUT2D eigenvalue weighted by molar-refractivity contribution is 6.10. The summed E-state index contributed by atoms with van der Waals surface area (Å²) in [5.41, 5.74) is 3.83. The van der Waals surface area contributed by atoms with Gasteiger partial charge in [0.15, 0.2) is 0 Å². The number of amides is 1. The Morgan fingerprint density at radius 2 is 1.87 bits per heavy atom. The Labute approximate surface area is 179 Å². The molecule has 0 atom stereocenters. The van der Waals surface area contributed by atoms with Crippen LogP contribution in [0.5, 0.6) is 0 Å². The quantitative estimate of drug-likeness (QED) is 0.340. The average molecular weight is 409 g/mol. The van der Waals surface area contributed by atoms with Gasteiger partial charge in [0.2, 0.25) is 0 Å². The van der Waals surface area contributed by atoms with Crippen molar-refractivity contribution in [1.29, 1.82) is 5.26 Å². The number of nitrogens with zero attached hydrogens (tertiary/aromatic N) is 2. The fourth-order valence-electron chi connectivity index (χ4n) is 3.56. The van der Waals surface area contributed by atoms with E-state index in [1.54, 1.807) is 30.3 Å². The maximum absolute atomic E-state index is 14.2. The number of aryl methyl sites for hydroxylation is 1. The molecule has 1 aromatic heterocycles.